The van der Waals surface area contributed by atoms with Crippen LogP contribution in [0.15, 0.2) is 53.6 Å². The highest BCUT2D eigenvalue weighted by Gasteiger charge is 2.40. The molecule has 4 heterocycles. The Morgan fingerprint density at radius 1 is 1.11 bits per heavy atom. The molecule has 0 saturated carbocycles. The van der Waals surface area contributed by atoms with Crippen LogP contribution in [0.4, 0.5) is 20.4 Å². The Kier molecular flexibility index (Phi) is 9.51. The minimum absolute atomic E-state index is 0.00188. The summed E-state index contributed by atoms with van der Waals surface area (Å²) in [7, 11) is -3.07. The van der Waals surface area contributed by atoms with Crippen LogP contribution in [-0.4, -0.2) is 78.4 Å². The van der Waals surface area contributed by atoms with Gasteiger partial charge in [0.2, 0.25) is 11.8 Å². The number of hydrogen-bond acceptors (Lipinski definition) is 9. The molecule has 12 nitrogen and oxygen atoms in total. The quantitative estimate of drug-likeness (QED) is 0.238. The van der Waals surface area contributed by atoms with Gasteiger partial charge in [0.15, 0.2) is 0 Å². The maximum Gasteiger partial charge on any atom is 0.290 e. The van der Waals surface area contributed by atoms with E-state index in [0.29, 0.717) is 37.3 Å². The van der Waals surface area contributed by atoms with Crippen LogP contribution in [0, 0.1) is 11.6 Å². The first-order chi connectivity index (χ1) is 21.6. The summed E-state index contributed by atoms with van der Waals surface area (Å²) in [6, 6.07) is 9.48. The Bertz CT molecular complexity index is 1790. The van der Waals surface area contributed by atoms with Gasteiger partial charge in [0.25, 0.3) is 16.5 Å². The van der Waals surface area contributed by atoms with Gasteiger partial charge in [-0.05, 0) is 74.7 Å². The predicted molar refractivity (Wildman–Crippen MR) is 163 cm³/mol. The van der Waals surface area contributed by atoms with Crippen molar-refractivity contribution in [1.29, 1.82) is 0 Å². The Balaban J connectivity index is 0.00000128. The predicted octanol–water partition coefficient (Wildman–Crippen LogP) is 4.11. The van der Waals surface area contributed by atoms with Gasteiger partial charge < -0.3 is 24.9 Å². The number of nitrogens with zero attached hydrogens (tertiary/aromatic N) is 4. The first-order valence-electron chi connectivity index (χ1n) is 14.3. The average molecular weight is 645 g/mol. The summed E-state index contributed by atoms with van der Waals surface area (Å²) in [5.41, 5.74) is 9.32. The largest absolute Gasteiger partial charge is 0.483 e. The molecule has 4 aromatic rings. The van der Waals surface area contributed by atoms with Crippen LogP contribution in [-0.2, 0) is 26.1 Å². The zero-order valence-corrected chi connectivity index (χ0v) is 25.4. The number of methoxy groups -OCH3 is 1. The van der Waals surface area contributed by atoms with E-state index in [0.717, 1.165) is 54.7 Å². The van der Waals surface area contributed by atoms with Gasteiger partial charge in [-0.3, -0.25) is 14.4 Å². The maximum atomic E-state index is 14.3. The first kappa shape index (κ1) is 32.1. The number of benzene rings is 2. The Morgan fingerprint density at radius 3 is 2.49 bits per heavy atom. The Morgan fingerprint density at radius 2 is 1.82 bits per heavy atom. The smallest absolute Gasteiger partial charge is 0.290 e. The third-order valence-electron chi connectivity index (χ3n) is 8.24. The van der Waals surface area contributed by atoms with Gasteiger partial charge in [0.05, 0.1) is 18.1 Å². The molecule has 0 unspecified atom stereocenters. The van der Waals surface area contributed by atoms with Gasteiger partial charge in [0, 0.05) is 43.1 Å². The number of ether oxygens (including phenoxy) is 2. The third kappa shape index (κ3) is 6.70. The molecule has 15 heteroatoms. The second-order valence-electron chi connectivity index (χ2n) is 10.9. The number of likely N-dealkylation sites (tertiary alicyclic amines) is 1. The number of halogens is 2. The van der Waals surface area contributed by atoms with E-state index in [2.05, 4.69) is 24.2 Å². The highest BCUT2D eigenvalue weighted by molar-refractivity contribution is 7.92. The van der Waals surface area contributed by atoms with Crippen molar-refractivity contribution in [3.63, 3.8) is 0 Å². The lowest BCUT2D eigenvalue weighted by Crippen LogP contribution is -2.53. The summed E-state index contributed by atoms with van der Waals surface area (Å²) in [4.78, 5) is 19.1. The molecule has 0 radical (unpaired) electrons. The standard InChI is InChI=1S/C29H32F2N6O4S.CH2O2/c1-40-27-24(35-42(38,39)26-7-5-21(30)16-22(26)31)14-20(17-33-27)19-4-6-23-25(15-19)37(28(32)34-23)18-29(8-12-41-13-9-29)36-10-2-3-11-36;2-1-3/h4-7,14-17,35H,2-3,8-13,18H2,1H3,(H2,32,34);1H,(H,2,3). The van der Waals surface area contributed by atoms with Crippen molar-refractivity contribution in [2.45, 2.75) is 42.7 Å². The number of rotatable bonds is 8. The molecule has 0 bridgehead atoms. The molecule has 4 N–H and O–H groups in total. The molecule has 2 saturated heterocycles. The minimum Gasteiger partial charge on any atom is -0.483 e. The molecule has 0 amide bonds. The van der Waals surface area contributed by atoms with Crippen LogP contribution in [0.1, 0.15) is 25.7 Å². The summed E-state index contributed by atoms with van der Waals surface area (Å²) in [6.45, 7) is 3.93. The number of carboxylic acid groups (broad SMARTS) is 1. The van der Waals surface area contributed by atoms with E-state index in [1.54, 1.807) is 12.3 Å². The molecule has 45 heavy (non-hydrogen) atoms. The van der Waals surface area contributed by atoms with Crippen molar-refractivity contribution in [2.75, 3.05) is 43.9 Å². The zero-order valence-electron chi connectivity index (χ0n) is 24.6. The fourth-order valence-corrected chi connectivity index (χ4v) is 7.15. The van der Waals surface area contributed by atoms with E-state index in [1.807, 2.05) is 18.2 Å². The fourth-order valence-electron chi connectivity index (χ4n) is 6.04. The van der Waals surface area contributed by atoms with Gasteiger partial charge in [-0.1, -0.05) is 6.07 Å². The van der Waals surface area contributed by atoms with Crippen molar-refractivity contribution in [3.8, 4) is 17.0 Å². The number of sulfonamides is 1. The van der Waals surface area contributed by atoms with Crippen molar-refractivity contribution < 1.29 is 36.6 Å². The van der Waals surface area contributed by atoms with Gasteiger partial charge in [0.1, 0.15) is 22.2 Å². The molecular formula is C30H34F2N6O6S. The van der Waals surface area contributed by atoms with Crippen molar-refractivity contribution >= 4 is 39.2 Å². The number of imidazole rings is 1. The van der Waals surface area contributed by atoms with Gasteiger partial charge >= 0.3 is 0 Å². The van der Waals surface area contributed by atoms with Crippen molar-refractivity contribution in [2.24, 2.45) is 0 Å². The molecule has 240 valence electrons. The zero-order chi connectivity index (χ0) is 32.2. The number of aromatic nitrogens is 3. The van der Waals surface area contributed by atoms with Crippen LogP contribution in [0.3, 0.4) is 0 Å². The molecule has 2 fully saturated rings. The number of hydrogen-bond donors (Lipinski definition) is 3. The van der Waals surface area contributed by atoms with E-state index in [9.17, 15) is 17.2 Å². The molecular weight excluding hydrogens is 610 g/mol. The Labute approximate surface area is 258 Å². The van der Waals surface area contributed by atoms with Crippen molar-refractivity contribution in [1.82, 2.24) is 19.4 Å². The van der Waals surface area contributed by atoms with E-state index < -0.39 is 26.6 Å². The van der Waals surface area contributed by atoms with E-state index in [4.69, 9.17) is 25.1 Å². The number of anilines is 2. The Hall–Kier alpha value is -4.34. The van der Waals surface area contributed by atoms with Gasteiger partial charge in [-0.2, -0.15) is 0 Å². The first-order valence-corrected chi connectivity index (χ1v) is 15.8. The molecule has 0 aliphatic carbocycles. The van der Waals surface area contributed by atoms with E-state index in [-0.39, 0.29) is 23.6 Å². The third-order valence-corrected chi connectivity index (χ3v) is 9.63. The molecule has 2 aliphatic rings. The number of pyridine rings is 1. The van der Waals surface area contributed by atoms with Gasteiger partial charge in [-0.15, -0.1) is 0 Å². The van der Waals surface area contributed by atoms with Crippen molar-refractivity contribution in [3.05, 3.63) is 60.3 Å². The summed E-state index contributed by atoms with van der Waals surface area (Å²) in [6.07, 6.45) is 5.73. The topological polar surface area (TPSA) is 162 Å². The number of nitrogen functional groups attached to an aromatic ring is 1. The molecule has 6 rings (SSSR count). The summed E-state index contributed by atoms with van der Waals surface area (Å²) in [5.74, 6) is -1.67. The number of carbonyl (C=O) groups is 1. The van der Waals surface area contributed by atoms with E-state index in [1.165, 1.54) is 20.0 Å². The number of nitrogens with one attached hydrogen (secondary N) is 1. The maximum absolute atomic E-state index is 14.3. The van der Waals surface area contributed by atoms with Crippen LogP contribution in [0.5, 0.6) is 5.88 Å². The van der Waals surface area contributed by atoms with Crippen LogP contribution < -0.4 is 15.2 Å². The van der Waals surface area contributed by atoms with E-state index >= 15 is 0 Å². The van der Waals surface area contributed by atoms with Crippen LogP contribution >= 0.6 is 0 Å². The highest BCUT2D eigenvalue weighted by Crippen LogP contribution is 2.36. The SMILES string of the molecule is COc1ncc(-c2ccc3nc(N)n(CC4(N5CCCC5)CCOCC4)c3c2)cc1NS(=O)(=O)c1ccc(F)cc1F.O=CO. The summed E-state index contributed by atoms with van der Waals surface area (Å²) in [5, 5.41) is 6.89. The summed E-state index contributed by atoms with van der Waals surface area (Å²) < 4.78 is 69.1. The lowest BCUT2D eigenvalue weighted by atomic mass is 9.87. The molecule has 2 aliphatic heterocycles. The average Bonchev–Trinajstić information content (AvgIpc) is 3.66. The molecule has 0 atom stereocenters. The minimum atomic E-state index is -4.42. The number of fused-ring (bicyclic) bond motifs is 1. The van der Waals surface area contributed by atoms with Gasteiger partial charge in [-0.25, -0.2) is 27.2 Å². The fraction of sp³-hybridized carbons (Fsp3) is 0.367. The highest BCUT2D eigenvalue weighted by atomic mass is 32.2. The lowest BCUT2D eigenvalue weighted by molar-refractivity contribution is -0.122. The molecule has 2 aromatic carbocycles. The van der Waals surface area contributed by atoms with Crippen LogP contribution in [0.2, 0.25) is 0 Å². The summed E-state index contributed by atoms with van der Waals surface area (Å²) >= 11 is 0. The second kappa shape index (κ2) is 13.3. The normalized spacial score (nSPS) is 16.6. The monoisotopic (exact) mass is 644 g/mol. The molecule has 2 aromatic heterocycles. The lowest BCUT2D eigenvalue weighted by Gasteiger charge is -2.45. The second-order valence-corrected chi connectivity index (χ2v) is 12.5. The molecule has 0 spiro atoms. The van der Waals surface area contributed by atoms with Crippen LogP contribution in [0.25, 0.3) is 22.2 Å². The number of nitrogens with two attached hydrogens (primary N) is 1.